The third kappa shape index (κ3) is 4.82. The van der Waals surface area contributed by atoms with Gasteiger partial charge in [-0.25, -0.2) is 0 Å². The van der Waals surface area contributed by atoms with Crippen LogP contribution in [-0.4, -0.2) is 94.6 Å². The van der Waals surface area contributed by atoms with Crippen LogP contribution in [0.25, 0.3) is 5.65 Å². The summed E-state index contributed by atoms with van der Waals surface area (Å²) in [5.74, 6) is 1.75. The summed E-state index contributed by atoms with van der Waals surface area (Å²) >= 11 is 0. The zero-order chi connectivity index (χ0) is 21.3. The molecule has 0 bridgehead atoms. The van der Waals surface area contributed by atoms with Crippen LogP contribution in [0.4, 0.5) is 0 Å². The molecule has 1 aliphatic heterocycles. The Morgan fingerprint density at radius 3 is 2.73 bits per heavy atom. The first kappa shape index (κ1) is 21.2. The van der Waals surface area contributed by atoms with Crippen molar-refractivity contribution in [2.75, 3.05) is 53.4 Å². The first-order chi connectivity index (χ1) is 14.4. The van der Waals surface area contributed by atoms with Crippen LogP contribution in [0.2, 0.25) is 0 Å². The molecule has 164 valence electrons. The van der Waals surface area contributed by atoms with E-state index in [1.165, 1.54) is 19.4 Å². The van der Waals surface area contributed by atoms with E-state index >= 15 is 0 Å². The number of hydrogen-bond acceptors (Lipinski definition) is 6. The lowest BCUT2D eigenvalue weighted by molar-refractivity contribution is 0.0437. The van der Waals surface area contributed by atoms with Crippen LogP contribution >= 0.6 is 0 Å². The van der Waals surface area contributed by atoms with E-state index in [1.807, 2.05) is 36.8 Å². The predicted octanol–water partition coefficient (Wildman–Crippen LogP) is 1.50. The minimum Gasteiger partial charge on any atom is -0.351 e. The number of rotatable bonds is 8. The lowest BCUT2D eigenvalue weighted by Crippen LogP contribution is -2.51. The molecule has 30 heavy (non-hydrogen) atoms. The van der Waals surface area contributed by atoms with Gasteiger partial charge >= 0.3 is 0 Å². The first-order valence-electron chi connectivity index (χ1n) is 11.2. The number of carbonyl (C=O) groups excluding carboxylic acids is 1. The number of pyridine rings is 1. The Morgan fingerprint density at radius 1 is 1.23 bits per heavy atom. The highest BCUT2D eigenvalue weighted by Gasteiger charge is 2.35. The van der Waals surface area contributed by atoms with Gasteiger partial charge in [-0.05, 0) is 58.8 Å². The lowest BCUT2D eigenvalue weighted by atomic mass is 10.1. The molecule has 1 amide bonds. The second kappa shape index (κ2) is 8.99. The molecule has 4 rings (SSSR count). The van der Waals surface area contributed by atoms with Gasteiger partial charge in [0.05, 0.1) is 11.6 Å². The van der Waals surface area contributed by atoms with Crippen LogP contribution in [0.1, 0.15) is 48.9 Å². The van der Waals surface area contributed by atoms with Crippen molar-refractivity contribution >= 4 is 11.6 Å². The second-order valence-corrected chi connectivity index (χ2v) is 9.31. The fourth-order valence-corrected chi connectivity index (χ4v) is 4.30. The number of likely N-dealkylation sites (N-methyl/N-ethyl adjacent to an activating group) is 1. The Hall–Kier alpha value is -2.03. The van der Waals surface area contributed by atoms with Gasteiger partial charge in [-0.2, -0.15) is 0 Å². The van der Waals surface area contributed by atoms with E-state index in [0.717, 1.165) is 43.6 Å². The molecule has 0 spiro atoms. The molecule has 1 unspecified atom stereocenters. The highest BCUT2D eigenvalue weighted by Crippen LogP contribution is 2.33. The molecular weight excluding hydrogens is 378 g/mol. The monoisotopic (exact) mass is 413 g/mol. The molecule has 8 heteroatoms. The van der Waals surface area contributed by atoms with Gasteiger partial charge in [-0.15, -0.1) is 10.2 Å². The molecule has 2 aromatic rings. The zero-order valence-electron chi connectivity index (χ0n) is 18.7. The average molecular weight is 414 g/mol. The average Bonchev–Trinajstić information content (AvgIpc) is 3.42. The highest BCUT2D eigenvalue weighted by molar-refractivity contribution is 5.94. The summed E-state index contributed by atoms with van der Waals surface area (Å²) in [6.07, 6.45) is 4.64. The van der Waals surface area contributed by atoms with Crippen LogP contribution in [0, 0.1) is 5.92 Å². The number of fused-ring (bicyclic) bond motifs is 1. The zero-order valence-corrected chi connectivity index (χ0v) is 18.7. The van der Waals surface area contributed by atoms with Crippen molar-refractivity contribution in [1.82, 2.24) is 34.6 Å². The third-order valence-corrected chi connectivity index (χ3v) is 6.22. The summed E-state index contributed by atoms with van der Waals surface area (Å²) in [5, 5.41) is 12.0. The second-order valence-electron chi connectivity index (χ2n) is 9.31. The molecule has 1 saturated carbocycles. The van der Waals surface area contributed by atoms with Crippen molar-refractivity contribution in [3.8, 4) is 0 Å². The molecule has 2 aliphatic rings. The van der Waals surface area contributed by atoms with Gasteiger partial charge in [-0.3, -0.25) is 19.0 Å². The fraction of sp³-hybridized carbons (Fsp3) is 0.682. The Morgan fingerprint density at radius 2 is 2.03 bits per heavy atom. The predicted molar refractivity (Wildman–Crippen MR) is 118 cm³/mol. The standard InChI is InChI=1S/C22H35N7O/c1-16(2)28-12-11-27(13-17-5-6-17)15-19(28)21-25-24-20-8-7-18(14-29(20)21)22(30)23-9-10-26(3)4/h7-8,14,16-17,19H,5-6,9-13,15H2,1-4H3,(H,23,30). The number of nitrogens with one attached hydrogen (secondary N) is 1. The molecule has 8 nitrogen and oxygen atoms in total. The van der Waals surface area contributed by atoms with Crippen LogP contribution in [0.5, 0.6) is 0 Å². The molecule has 3 heterocycles. The molecule has 1 N–H and O–H groups in total. The Labute approximate surface area is 179 Å². The van der Waals surface area contributed by atoms with Gasteiger partial charge in [0, 0.05) is 51.5 Å². The molecule has 1 atom stereocenters. The number of nitrogens with zero attached hydrogens (tertiary/aromatic N) is 6. The van der Waals surface area contributed by atoms with E-state index in [-0.39, 0.29) is 11.9 Å². The maximum Gasteiger partial charge on any atom is 0.252 e. The maximum atomic E-state index is 12.6. The summed E-state index contributed by atoms with van der Waals surface area (Å²) < 4.78 is 2.02. The smallest absolute Gasteiger partial charge is 0.252 e. The first-order valence-corrected chi connectivity index (χ1v) is 11.2. The fourth-order valence-electron chi connectivity index (χ4n) is 4.30. The van der Waals surface area contributed by atoms with E-state index in [1.54, 1.807) is 0 Å². The van der Waals surface area contributed by atoms with Crippen LogP contribution < -0.4 is 5.32 Å². The number of hydrogen-bond donors (Lipinski definition) is 1. The summed E-state index contributed by atoms with van der Waals surface area (Å²) in [6, 6.07) is 4.34. The number of piperazine rings is 1. The minimum atomic E-state index is -0.0573. The number of amides is 1. The van der Waals surface area contributed by atoms with E-state index in [4.69, 9.17) is 0 Å². The normalized spacial score (nSPS) is 21.1. The Balaban J connectivity index is 1.57. The topological polar surface area (TPSA) is 69.0 Å². The van der Waals surface area contributed by atoms with Crippen molar-refractivity contribution < 1.29 is 4.79 Å². The van der Waals surface area contributed by atoms with E-state index < -0.39 is 0 Å². The molecule has 0 aromatic carbocycles. The van der Waals surface area contributed by atoms with Gasteiger partial charge < -0.3 is 10.2 Å². The quantitative estimate of drug-likeness (QED) is 0.707. The summed E-state index contributed by atoms with van der Waals surface area (Å²) in [7, 11) is 4.00. The van der Waals surface area contributed by atoms with Crippen LogP contribution in [0.15, 0.2) is 18.3 Å². The molecule has 1 saturated heterocycles. The minimum absolute atomic E-state index is 0.0573. The van der Waals surface area contributed by atoms with Crippen molar-refractivity contribution in [2.45, 2.75) is 38.8 Å². The van der Waals surface area contributed by atoms with Gasteiger partial charge in [-0.1, -0.05) is 0 Å². The molecule has 2 aromatic heterocycles. The molecular formula is C22H35N7O. The van der Waals surface area contributed by atoms with Gasteiger partial charge in [0.1, 0.15) is 0 Å². The number of aromatic nitrogens is 3. The molecule has 2 fully saturated rings. The summed E-state index contributed by atoms with van der Waals surface area (Å²) in [4.78, 5) is 19.8. The Bertz CT molecular complexity index is 873. The van der Waals surface area contributed by atoms with Crippen molar-refractivity contribution in [1.29, 1.82) is 0 Å². The van der Waals surface area contributed by atoms with Crippen molar-refractivity contribution in [3.63, 3.8) is 0 Å². The summed E-state index contributed by atoms with van der Waals surface area (Å²) in [5.41, 5.74) is 1.43. The van der Waals surface area contributed by atoms with E-state index in [0.29, 0.717) is 18.2 Å². The Kier molecular flexibility index (Phi) is 6.36. The van der Waals surface area contributed by atoms with Gasteiger partial charge in [0.15, 0.2) is 11.5 Å². The maximum absolute atomic E-state index is 12.6. The van der Waals surface area contributed by atoms with Crippen LogP contribution in [-0.2, 0) is 0 Å². The van der Waals surface area contributed by atoms with Crippen LogP contribution in [0.3, 0.4) is 0 Å². The molecule has 1 aliphatic carbocycles. The van der Waals surface area contributed by atoms with Crippen molar-refractivity contribution in [3.05, 3.63) is 29.7 Å². The van der Waals surface area contributed by atoms with E-state index in [2.05, 4.69) is 44.1 Å². The molecule has 0 radical (unpaired) electrons. The lowest BCUT2D eigenvalue weighted by Gasteiger charge is -2.42. The SMILES string of the molecule is CC(C)N1CCN(CC2CC2)CC1c1nnc2ccc(C(=O)NCCN(C)C)cn12. The third-order valence-electron chi connectivity index (χ3n) is 6.22. The highest BCUT2D eigenvalue weighted by atomic mass is 16.1. The largest absolute Gasteiger partial charge is 0.351 e. The number of carbonyl (C=O) groups is 1. The summed E-state index contributed by atoms with van der Waals surface area (Å²) in [6.45, 7) is 10.2. The van der Waals surface area contributed by atoms with Crippen molar-refractivity contribution in [2.24, 2.45) is 5.92 Å². The van der Waals surface area contributed by atoms with Gasteiger partial charge in [0.2, 0.25) is 0 Å². The van der Waals surface area contributed by atoms with Gasteiger partial charge in [0.25, 0.3) is 5.91 Å². The van der Waals surface area contributed by atoms with E-state index in [9.17, 15) is 4.79 Å².